The lowest BCUT2D eigenvalue weighted by molar-refractivity contribution is 0.477. The first-order chi connectivity index (χ1) is 46.7. The summed E-state index contributed by atoms with van der Waals surface area (Å²) in [5.41, 5.74) is 25.5. The van der Waals surface area contributed by atoms with Crippen molar-refractivity contribution < 1.29 is 9.47 Å². The fourth-order valence-corrected chi connectivity index (χ4v) is 15.3. The van der Waals surface area contributed by atoms with Crippen LogP contribution in [0.1, 0.15) is 0 Å². The van der Waals surface area contributed by atoms with Gasteiger partial charge in [0.05, 0.1) is 22.7 Å². The first kappa shape index (κ1) is 53.4. The summed E-state index contributed by atoms with van der Waals surface area (Å²) in [6.07, 6.45) is 0. The van der Waals surface area contributed by atoms with Crippen LogP contribution >= 0.6 is 0 Å². The predicted octanol–water partition coefficient (Wildman–Crippen LogP) is 18.7. The van der Waals surface area contributed by atoms with Crippen LogP contribution in [0.3, 0.4) is 0 Å². The first-order valence-corrected chi connectivity index (χ1v) is 32.1. The molecule has 0 saturated carbocycles. The minimum atomic E-state index is -0.334. The third-order valence-corrected chi connectivity index (χ3v) is 19.1. The maximum Gasteiger partial charge on any atom is 0.256 e. The highest BCUT2D eigenvalue weighted by molar-refractivity contribution is 7.02. The van der Waals surface area contributed by atoms with Gasteiger partial charge in [-0.3, -0.25) is 0 Å². The zero-order valence-corrected chi connectivity index (χ0v) is 51.0. The van der Waals surface area contributed by atoms with Gasteiger partial charge in [-0.15, -0.1) is 0 Å². The lowest BCUT2D eigenvalue weighted by Gasteiger charge is -2.46. The molecule has 0 fully saturated rings. The van der Waals surface area contributed by atoms with E-state index in [1.807, 2.05) is 0 Å². The number of para-hydroxylation sites is 11. The molecule has 0 aromatic heterocycles. The van der Waals surface area contributed by atoms with Crippen molar-refractivity contribution in [3.63, 3.8) is 0 Å². The van der Waals surface area contributed by atoms with Gasteiger partial charge in [-0.1, -0.05) is 182 Å². The molecule has 14 aromatic rings. The average molecular weight is 1200 g/mol. The molecule has 0 unspecified atom stereocenters. The SMILES string of the molecule is c1ccc(N(c2ccccc2)c2cc3c4c(c2)N(c2ccccc2)c2cc5c(cc2B4c2cc4c(cc2O3)N(c2ccccc2)c2cc(N(c3ccccc3)c3ccccc3)cc3c2B4c2ccccc2N3c2ccccc2)Oc2ccccc2N5c2ccccc2)cc1. The van der Waals surface area contributed by atoms with E-state index in [0.29, 0.717) is 0 Å². The maximum absolute atomic E-state index is 7.85. The fourth-order valence-electron chi connectivity index (χ4n) is 15.3. The van der Waals surface area contributed by atoms with Crippen molar-refractivity contribution >= 4 is 149 Å². The summed E-state index contributed by atoms with van der Waals surface area (Å²) < 4.78 is 15.1. The molecule has 0 atom stereocenters. The fraction of sp³-hybridized carbons (Fsp3) is 0. The number of hydrogen-bond acceptors (Lipinski definition) is 8. The third-order valence-electron chi connectivity index (χ3n) is 19.1. The van der Waals surface area contributed by atoms with Crippen LogP contribution in [0.2, 0.25) is 0 Å². The van der Waals surface area contributed by atoms with Crippen LogP contribution in [-0.4, -0.2) is 13.4 Å². The van der Waals surface area contributed by atoms with Crippen LogP contribution in [0.25, 0.3) is 0 Å². The molecule has 5 aliphatic heterocycles. The van der Waals surface area contributed by atoms with Crippen LogP contribution < -0.4 is 71.7 Å². The van der Waals surface area contributed by atoms with Gasteiger partial charge < -0.3 is 38.9 Å². The molecule has 0 aliphatic carbocycles. The quantitative estimate of drug-likeness (QED) is 0.125. The van der Waals surface area contributed by atoms with Crippen molar-refractivity contribution in [2.45, 2.75) is 0 Å². The van der Waals surface area contributed by atoms with Gasteiger partial charge in [-0.2, -0.15) is 0 Å². The molecule has 0 saturated heterocycles. The Bertz CT molecular complexity index is 5170. The molecule has 10 heteroatoms. The highest BCUT2D eigenvalue weighted by Gasteiger charge is 2.49. The van der Waals surface area contributed by atoms with Crippen molar-refractivity contribution in [2.24, 2.45) is 0 Å². The molecule has 0 N–H and O–H groups in total. The third kappa shape index (κ3) is 8.43. The van der Waals surface area contributed by atoms with Crippen LogP contribution in [0.15, 0.2) is 340 Å². The Morgan fingerprint density at radius 2 is 0.564 bits per heavy atom. The lowest BCUT2D eigenvalue weighted by atomic mass is 9.30. The molecule has 440 valence electrons. The van der Waals surface area contributed by atoms with E-state index in [1.165, 1.54) is 16.4 Å². The standard InChI is InChI=1S/C84H56B2N6O2/c1-9-29-57(30-10-1)87(58-31-11-2-12-32-58)65-49-76-83-77(50-65)92(64-43-23-8-24-44-64)74-56-80-70(53-68(74)85(83)67-45-25-26-46-71(67)89(76)61-37-17-5-18-38-61)86-69-54-81-75(90(62-39-19-6-20-40-62)72-47-27-28-48-79(72)93-81)55-73(69)91(63-41-21-7-22-42-63)78-51-66(52-82(94-80)84(78)86)88(59-33-13-3-14-34-59)60-35-15-4-16-36-60/h1-56H. The molecule has 19 rings (SSSR count). The first-order valence-electron chi connectivity index (χ1n) is 32.1. The molecule has 0 bridgehead atoms. The number of anilines is 18. The minimum Gasteiger partial charge on any atom is -0.458 e. The number of hydrogen-bond donors (Lipinski definition) is 0. The van der Waals surface area contributed by atoms with Gasteiger partial charge in [0.1, 0.15) is 11.5 Å². The number of rotatable bonds is 10. The number of nitrogens with zero attached hydrogens (tertiary/aromatic N) is 6. The van der Waals surface area contributed by atoms with Gasteiger partial charge >= 0.3 is 0 Å². The summed E-state index contributed by atoms with van der Waals surface area (Å²) in [4.78, 5) is 14.5. The van der Waals surface area contributed by atoms with Gasteiger partial charge in [0.2, 0.25) is 0 Å². The monoisotopic (exact) mass is 1200 g/mol. The van der Waals surface area contributed by atoms with E-state index in [2.05, 4.69) is 369 Å². The minimum absolute atomic E-state index is 0.211. The van der Waals surface area contributed by atoms with Crippen LogP contribution in [-0.2, 0) is 0 Å². The normalized spacial score (nSPS) is 13.1. The summed E-state index contributed by atoms with van der Waals surface area (Å²) in [6.45, 7) is -0.544. The summed E-state index contributed by atoms with van der Waals surface area (Å²) in [7, 11) is 0. The molecule has 0 radical (unpaired) electrons. The van der Waals surface area contributed by atoms with Crippen molar-refractivity contribution in [2.75, 3.05) is 29.4 Å². The van der Waals surface area contributed by atoms with Crippen molar-refractivity contribution in [1.82, 2.24) is 0 Å². The van der Waals surface area contributed by atoms with Gasteiger partial charge in [-0.25, -0.2) is 0 Å². The van der Waals surface area contributed by atoms with Crippen LogP contribution in [0, 0.1) is 0 Å². The van der Waals surface area contributed by atoms with Crippen LogP contribution in [0.4, 0.5) is 102 Å². The topological polar surface area (TPSA) is 37.9 Å². The Balaban J connectivity index is 0.910. The Morgan fingerprint density at radius 3 is 1.06 bits per heavy atom. The van der Waals surface area contributed by atoms with Gasteiger partial charge in [0, 0.05) is 91.8 Å². The second kappa shape index (κ2) is 21.7. The zero-order valence-electron chi connectivity index (χ0n) is 51.0. The second-order valence-electron chi connectivity index (χ2n) is 24.4. The number of benzene rings is 14. The smallest absolute Gasteiger partial charge is 0.256 e. The van der Waals surface area contributed by atoms with E-state index in [-0.39, 0.29) is 13.4 Å². The van der Waals surface area contributed by atoms with E-state index in [4.69, 9.17) is 9.47 Å². The molecular weight excluding hydrogens is 1150 g/mol. The largest absolute Gasteiger partial charge is 0.458 e. The summed E-state index contributed by atoms with van der Waals surface area (Å²) in [5, 5.41) is 0. The van der Waals surface area contributed by atoms with Gasteiger partial charge in [0.25, 0.3) is 13.4 Å². The molecule has 5 heterocycles. The summed E-state index contributed by atoms with van der Waals surface area (Å²) >= 11 is 0. The van der Waals surface area contributed by atoms with E-state index in [1.54, 1.807) is 0 Å². The lowest BCUT2D eigenvalue weighted by Crippen LogP contribution is -2.64. The van der Waals surface area contributed by atoms with E-state index in [9.17, 15) is 0 Å². The molecule has 94 heavy (non-hydrogen) atoms. The van der Waals surface area contributed by atoms with Crippen LogP contribution in [0.5, 0.6) is 23.0 Å². The van der Waals surface area contributed by atoms with Crippen molar-refractivity contribution in [3.8, 4) is 23.0 Å². The molecule has 5 aliphatic rings. The summed E-state index contributed by atoms with van der Waals surface area (Å²) in [6, 6.07) is 123. The average Bonchev–Trinajstić information content (AvgIpc) is 0.691. The molecule has 0 spiro atoms. The van der Waals surface area contributed by atoms with E-state index in [0.717, 1.165) is 142 Å². The molecule has 14 aromatic carbocycles. The zero-order chi connectivity index (χ0) is 61.8. The highest BCUT2D eigenvalue weighted by Crippen LogP contribution is 2.55. The number of fused-ring (bicyclic) bond motifs is 10. The predicted molar refractivity (Wildman–Crippen MR) is 390 cm³/mol. The van der Waals surface area contributed by atoms with Gasteiger partial charge in [0.15, 0.2) is 11.5 Å². The van der Waals surface area contributed by atoms with Crippen molar-refractivity contribution in [3.05, 3.63) is 340 Å². The van der Waals surface area contributed by atoms with Crippen molar-refractivity contribution in [1.29, 1.82) is 0 Å². The second-order valence-corrected chi connectivity index (χ2v) is 24.4. The van der Waals surface area contributed by atoms with E-state index >= 15 is 0 Å². The molecule has 8 nitrogen and oxygen atoms in total. The Morgan fingerprint density at radius 1 is 0.202 bits per heavy atom. The van der Waals surface area contributed by atoms with Gasteiger partial charge in [-0.05, 0) is 178 Å². The highest BCUT2D eigenvalue weighted by atomic mass is 16.5. The number of ether oxygens (including phenoxy) is 2. The Kier molecular flexibility index (Phi) is 12.3. The summed E-state index contributed by atoms with van der Waals surface area (Å²) in [5.74, 6) is 3.12. The van der Waals surface area contributed by atoms with E-state index < -0.39 is 0 Å². The molecular formula is C84H56B2N6O2. The molecule has 0 amide bonds. The Hall–Kier alpha value is -12.4. The maximum atomic E-state index is 7.85. The Labute approximate surface area is 547 Å².